The summed E-state index contributed by atoms with van der Waals surface area (Å²) >= 11 is 0. The van der Waals surface area contributed by atoms with Gasteiger partial charge >= 0.3 is 0 Å². The summed E-state index contributed by atoms with van der Waals surface area (Å²) in [5.74, 6) is 0.887. The van der Waals surface area contributed by atoms with Crippen LogP contribution in [-0.4, -0.2) is 87.3 Å². The van der Waals surface area contributed by atoms with Crippen LogP contribution in [0.25, 0.3) is 11.0 Å². The molecule has 0 aliphatic carbocycles. The number of rotatable bonds is 7. The molecule has 2 aliphatic rings. The van der Waals surface area contributed by atoms with Gasteiger partial charge in [-0.25, -0.2) is 26.5 Å². The number of aryl methyl sites for hydroxylation is 1. The highest BCUT2D eigenvalue weighted by atomic mass is 32.2. The van der Waals surface area contributed by atoms with E-state index in [1.54, 1.807) is 12.1 Å². The lowest BCUT2D eigenvalue weighted by atomic mass is 10.1. The topological polar surface area (TPSA) is 114 Å². The van der Waals surface area contributed by atoms with Crippen molar-refractivity contribution < 1.29 is 21.6 Å². The SMILES string of the molecule is CCn1c(CN2CCC(NS(C)(=O)=O)CC2)nc2cc(S(=O)(=O)N3CCOCC3)ccc21. The number of fused-ring (bicyclic) bond motifs is 1. The Kier molecular flexibility index (Phi) is 6.89. The second-order valence-corrected chi connectivity index (χ2v) is 12.1. The van der Waals surface area contributed by atoms with Crippen LogP contribution in [0.2, 0.25) is 0 Å². The summed E-state index contributed by atoms with van der Waals surface area (Å²) in [5.41, 5.74) is 1.59. The van der Waals surface area contributed by atoms with E-state index in [0.717, 1.165) is 43.8 Å². The van der Waals surface area contributed by atoms with Gasteiger partial charge in [0, 0.05) is 38.8 Å². The zero-order valence-corrected chi connectivity index (χ0v) is 20.2. The molecule has 2 aromatic rings. The molecule has 32 heavy (non-hydrogen) atoms. The van der Waals surface area contributed by atoms with Gasteiger partial charge in [0.25, 0.3) is 0 Å². The van der Waals surface area contributed by atoms with Gasteiger partial charge in [-0.2, -0.15) is 4.31 Å². The summed E-state index contributed by atoms with van der Waals surface area (Å²) in [7, 11) is -6.77. The third kappa shape index (κ3) is 5.15. The zero-order valence-electron chi connectivity index (χ0n) is 18.5. The van der Waals surface area contributed by atoms with Gasteiger partial charge in [0.15, 0.2) is 0 Å². The van der Waals surface area contributed by atoms with E-state index >= 15 is 0 Å². The summed E-state index contributed by atoms with van der Waals surface area (Å²) in [6, 6.07) is 5.13. The quantitative estimate of drug-likeness (QED) is 0.611. The number of nitrogens with one attached hydrogen (secondary N) is 1. The van der Waals surface area contributed by atoms with Crippen molar-refractivity contribution in [3.8, 4) is 0 Å². The van der Waals surface area contributed by atoms with Gasteiger partial charge in [-0.3, -0.25) is 4.90 Å². The first-order valence-corrected chi connectivity index (χ1v) is 14.3. The van der Waals surface area contributed by atoms with Crippen LogP contribution in [0, 0.1) is 0 Å². The molecule has 2 saturated heterocycles. The number of aromatic nitrogens is 2. The number of likely N-dealkylation sites (tertiary alicyclic amines) is 1. The first-order valence-electron chi connectivity index (χ1n) is 10.9. The lowest BCUT2D eigenvalue weighted by molar-refractivity contribution is 0.0730. The first kappa shape index (κ1) is 23.6. The minimum absolute atomic E-state index is 0.0285. The summed E-state index contributed by atoms with van der Waals surface area (Å²) in [6.07, 6.45) is 2.69. The molecule has 1 aromatic carbocycles. The molecule has 1 aromatic heterocycles. The Labute approximate surface area is 189 Å². The van der Waals surface area contributed by atoms with Crippen LogP contribution in [0.1, 0.15) is 25.6 Å². The van der Waals surface area contributed by atoms with Gasteiger partial charge in [-0.1, -0.05) is 0 Å². The van der Waals surface area contributed by atoms with Gasteiger partial charge in [0.2, 0.25) is 20.0 Å². The molecule has 2 aliphatic heterocycles. The number of imidazole rings is 1. The van der Waals surface area contributed by atoms with E-state index in [2.05, 4.69) is 14.2 Å². The van der Waals surface area contributed by atoms with E-state index in [9.17, 15) is 16.8 Å². The molecule has 0 saturated carbocycles. The van der Waals surface area contributed by atoms with Crippen LogP contribution in [0.4, 0.5) is 0 Å². The van der Waals surface area contributed by atoms with Crippen LogP contribution in [0.3, 0.4) is 0 Å². The van der Waals surface area contributed by atoms with Gasteiger partial charge in [0.05, 0.1) is 41.9 Å². The molecule has 0 bridgehead atoms. The minimum atomic E-state index is -3.57. The average molecular weight is 486 g/mol. The molecule has 0 atom stereocenters. The number of hydrogen-bond donors (Lipinski definition) is 1. The predicted molar refractivity (Wildman–Crippen MR) is 121 cm³/mol. The number of hydrogen-bond acceptors (Lipinski definition) is 7. The van der Waals surface area contributed by atoms with Gasteiger partial charge in [-0.15, -0.1) is 0 Å². The first-order chi connectivity index (χ1) is 15.2. The number of nitrogens with zero attached hydrogens (tertiary/aromatic N) is 4. The lowest BCUT2D eigenvalue weighted by Gasteiger charge is -2.31. The number of piperidine rings is 1. The summed E-state index contributed by atoms with van der Waals surface area (Å²) < 4.78 is 60.5. The number of sulfonamides is 2. The third-order valence-electron chi connectivity index (χ3n) is 6.06. The predicted octanol–water partition coefficient (Wildman–Crippen LogP) is 0.591. The van der Waals surface area contributed by atoms with Crippen LogP contribution in [-0.2, 0) is 37.9 Å². The second-order valence-electron chi connectivity index (χ2n) is 8.38. The molecule has 4 rings (SSSR count). The van der Waals surface area contributed by atoms with Gasteiger partial charge in [0.1, 0.15) is 5.82 Å². The minimum Gasteiger partial charge on any atom is -0.379 e. The van der Waals surface area contributed by atoms with E-state index in [4.69, 9.17) is 9.72 Å². The molecule has 2 fully saturated rings. The lowest BCUT2D eigenvalue weighted by Crippen LogP contribution is -2.44. The number of ether oxygens (including phenoxy) is 1. The molecule has 3 heterocycles. The van der Waals surface area contributed by atoms with Crippen molar-refractivity contribution in [1.82, 2.24) is 23.5 Å². The molecule has 178 valence electrons. The third-order valence-corrected chi connectivity index (χ3v) is 8.71. The smallest absolute Gasteiger partial charge is 0.243 e. The maximum absolute atomic E-state index is 13.0. The second kappa shape index (κ2) is 9.35. The van der Waals surface area contributed by atoms with Crippen LogP contribution < -0.4 is 4.72 Å². The van der Waals surface area contributed by atoms with Crippen molar-refractivity contribution in [2.75, 3.05) is 45.6 Å². The fourth-order valence-electron chi connectivity index (χ4n) is 4.44. The van der Waals surface area contributed by atoms with Crippen LogP contribution in [0.5, 0.6) is 0 Å². The Morgan fingerprint density at radius 1 is 1.09 bits per heavy atom. The van der Waals surface area contributed by atoms with E-state index in [1.807, 2.05) is 13.0 Å². The highest BCUT2D eigenvalue weighted by molar-refractivity contribution is 7.89. The highest BCUT2D eigenvalue weighted by Gasteiger charge is 2.28. The maximum Gasteiger partial charge on any atom is 0.243 e. The van der Waals surface area contributed by atoms with E-state index in [-0.39, 0.29) is 10.9 Å². The molecule has 0 radical (unpaired) electrons. The number of morpholine rings is 1. The molecular weight excluding hydrogens is 454 g/mol. The van der Waals surface area contributed by atoms with E-state index in [1.165, 1.54) is 10.6 Å². The fourth-order valence-corrected chi connectivity index (χ4v) is 6.71. The summed E-state index contributed by atoms with van der Waals surface area (Å²) in [6.45, 7) is 6.50. The molecular formula is C20H31N5O5S2. The monoisotopic (exact) mass is 485 g/mol. The normalized spacial score (nSPS) is 20.2. The number of benzene rings is 1. The Bertz CT molecular complexity index is 1160. The molecule has 1 N–H and O–H groups in total. The molecule has 0 unspecified atom stereocenters. The van der Waals surface area contributed by atoms with Crippen molar-refractivity contribution in [2.24, 2.45) is 0 Å². The van der Waals surface area contributed by atoms with Crippen molar-refractivity contribution in [1.29, 1.82) is 0 Å². The standard InChI is InChI=1S/C20H31N5O5S2/c1-3-25-19-5-4-17(32(28,29)24-10-12-30-13-11-24)14-18(19)21-20(25)15-23-8-6-16(7-9-23)22-31(2,26)27/h4-5,14,16,22H,3,6-13,15H2,1-2H3. The average Bonchev–Trinajstić information content (AvgIpc) is 3.11. The Morgan fingerprint density at radius 3 is 2.41 bits per heavy atom. The van der Waals surface area contributed by atoms with Crippen molar-refractivity contribution in [3.05, 3.63) is 24.0 Å². The van der Waals surface area contributed by atoms with Gasteiger partial charge in [-0.05, 0) is 38.0 Å². The molecule has 0 amide bonds. The Hall–Kier alpha value is -1.57. The molecule has 0 spiro atoms. The Balaban J connectivity index is 1.52. The van der Waals surface area contributed by atoms with Crippen LogP contribution >= 0.6 is 0 Å². The maximum atomic E-state index is 13.0. The van der Waals surface area contributed by atoms with Gasteiger partial charge < -0.3 is 9.30 Å². The van der Waals surface area contributed by atoms with E-state index in [0.29, 0.717) is 38.4 Å². The van der Waals surface area contributed by atoms with E-state index < -0.39 is 20.0 Å². The highest BCUT2D eigenvalue weighted by Crippen LogP contribution is 2.25. The summed E-state index contributed by atoms with van der Waals surface area (Å²) in [5, 5.41) is 0. The summed E-state index contributed by atoms with van der Waals surface area (Å²) in [4.78, 5) is 7.30. The molecule has 10 nitrogen and oxygen atoms in total. The van der Waals surface area contributed by atoms with Crippen LogP contribution in [0.15, 0.2) is 23.1 Å². The largest absolute Gasteiger partial charge is 0.379 e. The molecule has 12 heteroatoms. The zero-order chi connectivity index (χ0) is 22.9. The van der Waals surface area contributed by atoms with Crippen molar-refractivity contribution in [3.63, 3.8) is 0 Å². The van der Waals surface area contributed by atoms with Crippen molar-refractivity contribution >= 4 is 31.1 Å². The Morgan fingerprint density at radius 2 is 1.78 bits per heavy atom. The fraction of sp³-hybridized carbons (Fsp3) is 0.650. The van der Waals surface area contributed by atoms with Crippen molar-refractivity contribution in [2.45, 2.75) is 43.8 Å².